The second-order valence-electron chi connectivity index (χ2n) is 4.15. The maximum Gasteiger partial charge on any atom is 0.339 e. The number of halogens is 1. The fourth-order valence-electron chi connectivity index (χ4n) is 1.66. The first-order chi connectivity index (χ1) is 10.0. The summed E-state index contributed by atoms with van der Waals surface area (Å²) in [5, 5.41) is 9.74. The van der Waals surface area contributed by atoms with Crippen LogP contribution in [0.2, 0.25) is 0 Å². The lowest BCUT2D eigenvalue weighted by Gasteiger charge is -2.05. The second-order valence-corrected chi connectivity index (χ2v) is 4.63. The molecule has 0 saturated heterocycles. The van der Waals surface area contributed by atoms with Crippen LogP contribution < -0.4 is 4.74 Å². The van der Waals surface area contributed by atoms with Crippen LogP contribution in [-0.4, -0.2) is 40.7 Å². The van der Waals surface area contributed by atoms with Crippen LogP contribution in [0, 0.1) is 0 Å². The number of fused-ring (bicyclic) bond motifs is 1. The average Bonchev–Trinajstić information content (AvgIpc) is 2.53. The third-order valence-electron chi connectivity index (χ3n) is 2.84. The minimum absolute atomic E-state index is 0.151. The van der Waals surface area contributed by atoms with Crippen molar-refractivity contribution in [2.24, 2.45) is 0 Å². The van der Waals surface area contributed by atoms with Gasteiger partial charge in [0.05, 0.1) is 12.6 Å². The van der Waals surface area contributed by atoms with E-state index in [-0.39, 0.29) is 5.56 Å². The molecule has 0 fully saturated rings. The molecule has 0 radical (unpaired) electrons. The molecule has 114 valence electrons. The molecule has 1 heterocycles. The summed E-state index contributed by atoms with van der Waals surface area (Å²) in [7, 11) is 1.44. The van der Waals surface area contributed by atoms with Crippen LogP contribution in [0.1, 0.15) is 24.2 Å². The monoisotopic (exact) mass is 310 g/mol. The molecule has 0 aliphatic heterocycles. The lowest BCUT2D eigenvalue weighted by atomic mass is 10.1. The fourth-order valence-corrected chi connectivity index (χ4v) is 1.66. The average molecular weight is 311 g/mol. The number of carboxylic acids is 1. The number of rotatable bonds is 4. The highest BCUT2D eigenvalue weighted by molar-refractivity contribution is 6.13. The predicted molar refractivity (Wildman–Crippen MR) is 84.0 cm³/mol. The molecule has 1 N–H and O–H groups in total. The first kappa shape index (κ1) is 17.2. The number of hydrogen-bond acceptors (Lipinski definition) is 4. The summed E-state index contributed by atoms with van der Waals surface area (Å²) in [6.07, 6.45) is 1.65. The van der Waals surface area contributed by atoms with Gasteiger partial charge < -0.3 is 9.84 Å². The van der Waals surface area contributed by atoms with Gasteiger partial charge in [0.1, 0.15) is 11.3 Å². The number of carbonyl (C=O) groups is 1. The number of pyridine rings is 1. The van der Waals surface area contributed by atoms with E-state index in [4.69, 9.17) is 21.6 Å². The first-order valence-electron chi connectivity index (χ1n) is 6.60. The topological polar surface area (TPSA) is 62.7 Å². The molecule has 1 aromatic heterocycles. The summed E-state index contributed by atoms with van der Waals surface area (Å²) < 4.78 is 6.72. The van der Waals surface area contributed by atoms with E-state index in [1.807, 2.05) is 19.9 Å². The minimum Gasteiger partial charge on any atom is -0.496 e. The Hall–Kier alpha value is -1.85. The standard InChI is InChI=1S/C11H9NO3.C4H10ClN/c1-15-10-6-9-7(3-2-4-12-9)5-8(10)11(13)14;1-3-6(5)4-2/h2-6H,1H3,(H,13,14);3-4H2,1-2H3. The third kappa shape index (κ3) is 4.88. The maximum atomic E-state index is 10.9. The Morgan fingerprint density at radius 3 is 2.52 bits per heavy atom. The van der Waals surface area contributed by atoms with Gasteiger partial charge in [-0.05, 0) is 23.9 Å². The summed E-state index contributed by atoms with van der Waals surface area (Å²) in [4.78, 5) is 15.0. The zero-order valence-corrected chi connectivity index (χ0v) is 13.1. The predicted octanol–water partition coefficient (Wildman–Crippen LogP) is 3.42. The summed E-state index contributed by atoms with van der Waals surface area (Å²) in [6, 6.07) is 6.76. The lowest BCUT2D eigenvalue weighted by molar-refractivity contribution is 0.0693. The molecule has 0 bridgehead atoms. The van der Waals surface area contributed by atoms with E-state index in [1.54, 1.807) is 28.8 Å². The summed E-state index contributed by atoms with van der Waals surface area (Å²) in [5.74, 6) is -0.675. The van der Waals surface area contributed by atoms with E-state index in [2.05, 4.69) is 4.98 Å². The van der Waals surface area contributed by atoms with Crippen LogP contribution in [0.4, 0.5) is 0 Å². The molecule has 0 spiro atoms. The lowest BCUT2D eigenvalue weighted by Crippen LogP contribution is -2.08. The highest BCUT2D eigenvalue weighted by Crippen LogP contribution is 2.24. The Labute approximate surface area is 129 Å². The van der Waals surface area contributed by atoms with Crippen molar-refractivity contribution in [3.63, 3.8) is 0 Å². The molecule has 0 aliphatic carbocycles. The van der Waals surface area contributed by atoms with Gasteiger partial charge in [-0.2, -0.15) is 0 Å². The largest absolute Gasteiger partial charge is 0.496 e. The van der Waals surface area contributed by atoms with Crippen molar-refractivity contribution in [2.75, 3.05) is 20.2 Å². The smallest absolute Gasteiger partial charge is 0.339 e. The minimum atomic E-state index is -1.00. The first-order valence-corrected chi connectivity index (χ1v) is 6.94. The summed E-state index contributed by atoms with van der Waals surface area (Å²) in [5.41, 5.74) is 0.873. The van der Waals surface area contributed by atoms with E-state index in [9.17, 15) is 4.79 Å². The normalized spacial score (nSPS) is 10.1. The SMILES string of the molecule is CCN(Cl)CC.COc1cc2ncccc2cc1C(=O)O. The molecule has 5 nitrogen and oxygen atoms in total. The highest BCUT2D eigenvalue weighted by atomic mass is 35.5. The summed E-state index contributed by atoms with van der Waals surface area (Å²) >= 11 is 5.48. The Morgan fingerprint density at radius 1 is 1.38 bits per heavy atom. The Balaban J connectivity index is 0.000000315. The van der Waals surface area contributed by atoms with E-state index in [1.165, 1.54) is 7.11 Å². The molecule has 2 rings (SSSR count). The molecule has 0 aliphatic rings. The van der Waals surface area contributed by atoms with Crippen LogP contribution in [0.25, 0.3) is 10.9 Å². The number of carboxylic acid groups (broad SMARTS) is 1. The molecular formula is C15H19ClN2O3. The van der Waals surface area contributed by atoms with Gasteiger partial charge in [0, 0.05) is 30.7 Å². The van der Waals surface area contributed by atoms with Gasteiger partial charge in [-0.1, -0.05) is 19.9 Å². The van der Waals surface area contributed by atoms with Crippen LogP contribution in [-0.2, 0) is 0 Å². The van der Waals surface area contributed by atoms with E-state index >= 15 is 0 Å². The molecule has 0 unspecified atom stereocenters. The van der Waals surface area contributed by atoms with Crippen molar-refractivity contribution in [2.45, 2.75) is 13.8 Å². The highest BCUT2D eigenvalue weighted by Gasteiger charge is 2.12. The van der Waals surface area contributed by atoms with Gasteiger partial charge in [-0.25, -0.2) is 9.21 Å². The van der Waals surface area contributed by atoms with E-state index in [0.29, 0.717) is 5.75 Å². The fraction of sp³-hybridized carbons (Fsp3) is 0.333. The number of aromatic carboxylic acids is 1. The second kappa shape index (κ2) is 8.44. The van der Waals surface area contributed by atoms with Crippen molar-refractivity contribution in [3.8, 4) is 5.75 Å². The Morgan fingerprint density at radius 2 is 2.05 bits per heavy atom. The molecule has 2 aromatic rings. The quantitative estimate of drug-likeness (QED) is 0.877. The van der Waals surface area contributed by atoms with Gasteiger partial charge in [-0.15, -0.1) is 0 Å². The van der Waals surface area contributed by atoms with Gasteiger partial charge in [0.25, 0.3) is 0 Å². The number of aromatic nitrogens is 1. The number of benzene rings is 1. The third-order valence-corrected chi connectivity index (χ3v) is 3.32. The van der Waals surface area contributed by atoms with Crippen LogP contribution in [0.15, 0.2) is 30.5 Å². The molecule has 0 amide bonds. The van der Waals surface area contributed by atoms with Gasteiger partial charge in [0.2, 0.25) is 0 Å². The maximum absolute atomic E-state index is 10.9. The number of methoxy groups -OCH3 is 1. The van der Waals surface area contributed by atoms with Crippen molar-refractivity contribution in [1.82, 2.24) is 9.40 Å². The molecule has 21 heavy (non-hydrogen) atoms. The van der Waals surface area contributed by atoms with Crippen LogP contribution in [0.3, 0.4) is 0 Å². The van der Waals surface area contributed by atoms with Crippen molar-refractivity contribution in [1.29, 1.82) is 0 Å². The number of nitrogens with zero attached hydrogens (tertiary/aromatic N) is 2. The zero-order valence-electron chi connectivity index (χ0n) is 12.3. The van der Waals surface area contributed by atoms with Gasteiger partial charge in [0.15, 0.2) is 0 Å². The molecular weight excluding hydrogens is 292 g/mol. The number of ether oxygens (including phenoxy) is 1. The van der Waals surface area contributed by atoms with Crippen molar-refractivity contribution < 1.29 is 14.6 Å². The van der Waals surface area contributed by atoms with E-state index in [0.717, 1.165) is 24.0 Å². The summed E-state index contributed by atoms with van der Waals surface area (Å²) in [6.45, 7) is 5.91. The van der Waals surface area contributed by atoms with Crippen LogP contribution >= 0.6 is 11.8 Å². The van der Waals surface area contributed by atoms with Crippen LogP contribution in [0.5, 0.6) is 5.75 Å². The van der Waals surface area contributed by atoms with Gasteiger partial charge in [-0.3, -0.25) is 4.98 Å². The number of hydrogen-bond donors (Lipinski definition) is 1. The van der Waals surface area contributed by atoms with Crippen molar-refractivity contribution >= 4 is 28.6 Å². The van der Waals surface area contributed by atoms with E-state index < -0.39 is 5.97 Å². The Bertz CT molecular complexity index is 600. The van der Waals surface area contributed by atoms with Gasteiger partial charge >= 0.3 is 5.97 Å². The molecule has 6 heteroatoms. The Kier molecular flexibility index (Phi) is 6.91. The van der Waals surface area contributed by atoms with Crippen molar-refractivity contribution in [3.05, 3.63) is 36.0 Å². The molecule has 0 atom stereocenters. The molecule has 1 aromatic carbocycles. The molecule has 0 saturated carbocycles. The zero-order chi connectivity index (χ0) is 15.8.